The molecule has 1 aromatic carbocycles. The van der Waals surface area contributed by atoms with E-state index in [9.17, 15) is 13.2 Å². The predicted molar refractivity (Wildman–Crippen MR) is 95.3 cm³/mol. The smallest absolute Gasteiger partial charge is 0.243 e. The van der Waals surface area contributed by atoms with E-state index in [1.165, 1.54) is 16.4 Å². The maximum absolute atomic E-state index is 12.8. The van der Waals surface area contributed by atoms with Gasteiger partial charge in [0.2, 0.25) is 15.9 Å². The fourth-order valence-corrected chi connectivity index (χ4v) is 3.97. The first-order valence-corrected chi connectivity index (χ1v) is 10.1. The zero-order valence-electron chi connectivity index (χ0n) is 14.8. The van der Waals surface area contributed by atoms with Crippen LogP contribution in [0.4, 0.5) is 5.69 Å². The minimum Gasteiger partial charge on any atom is -0.492 e. The number of ether oxygens (including phenoxy) is 2. The highest BCUT2D eigenvalue weighted by Gasteiger charge is 2.27. The number of sulfonamides is 1. The number of benzene rings is 1. The van der Waals surface area contributed by atoms with Crippen molar-refractivity contribution in [2.45, 2.75) is 38.0 Å². The van der Waals surface area contributed by atoms with Crippen molar-refractivity contribution in [2.75, 3.05) is 38.2 Å². The molecule has 1 amide bonds. The second-order valence-electron chi connectivity index (χ2n) is 5.76. The van der Waals surface area contributed by atoms with Crippen LogP contribution in [0.1, 0.15) is 33.1 Å². The van der Waals surface area contributed by atoms with Crippen LogP contribution >= 0.6 is 0 Å². The number of nitrogens with one attached hydrogen (secondary N) is 1. The van der Waals surface area contributed by atoms with Crippen molar-refractivity contribution >= 4 is 21.6 Å². The summed E-state index contributed by atoms with van der Waals surface area (Å²) in [4.78, 5) is 12.2. The lowest BCUT2D eigenvalue weighted by Gasteiger charge is -2.26. The van der Waals surface area contributed by atoms with Crippen molar-refractivity contribution in [3.05, 3.63) is 18.2 Å². The summed E-state index contributed by atoms with van der Waals surface area (Å²) in [7, 11) is -3.62. The van der Waals surface area contributed by atoms with Crippen LogP contribution in [-0.2, 0) is 19.6 Å². The van der Waals surface area contributed by atoms with Crippen LogP contribution in [0.2, 0.25) is 0 Å². The summed E-state index contributed by atoms with van der Waals surface area (Å²) in [6.07, 6.45) is 2.08. The van der Waals surface area contributed by atoms with Gasteiger partial charge in [0.25, 0.3) is 0 Å². The maximum atomic E-state index is 12.8. The van der Waals surface area contributed by atoms with Gasteiger partial charge in [0.15, 0.2) is 0 Å². The molecule has 25 heavy (non-hydrogen) atoms. The number of hydrogen-bond acceptors (Lipinski definition) is 5. The molecule has 1 saturated heterocycles. The zero-order chi connectivity index (χ0) is 18.3. The van der Waals surface area contributed by atoms with Crippen LogP contribution in [-0.4, -0.2) is 51.5 Å². The van der Waals surface area contributed by atoms with Gasteiger partial charge in [-0.1, -0.05) is 13.3 Å². The molecule has 8 heteroatoms. The molecular formula is C17H26N2O5S. The summed E-state index contributed by atoms with van der Waals surface area (Å²) in [6, 6.07) is 4.57. The third-order valence-electron chi connectivity index (χ3n) is 3.89. The average Bonchev–Trinajstić information content (AvgIpc) is 2.62. The number of unbranched alkanes of at least 4 members (excludes halogenated alkanes) is 1. The van der Waals surface area contributed by atoms with Gasteiger partial charge in [-0.2, -0.15) is 4.31 Å². The van der Waals surface area contributed by atoms with Crippen LogP contribution in [0.25, 0.3) is 0 Å². The number of rotatable bonds is 8. The topological polar surface area (TPSA) is 84.9 Å². The number of anilines is 1. The Bertz CT molecular complexity index is 684. The molecular weight excluding hydrogens is 344 g/mol. The molecule has 1 aliphatic rings. The maximum Gasteiger partial charge on any atom is 0.243 e. The predicted octanol–water partition coefficient (Wildman–Crippen LogP) is 2.23. The Kier molecular flexibility index (Phi) is 7.22. The number of nitrogens with zero attached hydrogens (tertiary/aromatic N) is 1. The van der Waals surface area contributed by atoms with E-state index in [2.05, 4.69) is 5.32 Å². The molecule has 1 aromatic rings. The molecule has 1 fully saturated rings. The Hall–Kier alpha value is -1.64. The quantitative estimate of drug-likeness (QED) is 0.758. The number of morpholine rings is 1. The highest BCUT2D eigenvalue weighted by Crippen LogP contribution is 2.29. The van der Waals surface area contributed by atoms with Crippen molar-refractivity contribution in [1.29, 1.82) is 0 Å². The number of amides is 1. The Morgan fingerprint density at radius 3 is 2.64 bits per heavy atom. The number of hydrogen-bond donors (Lipinski definition) is 1. The lowest BCUT2D eigenvalue weighted by atomic mass is 10.2. The van der Waals surface area contributed by atoms with E-state index in [0.29, 0.717) is 50.8 Å². The third kappa shape index (κ3) is 5.17. The lowest BCUT2D eigenvalue weighted by Crippen LogP contribution is -2.40. The molecule has 0 spiro atoms. The number of carbonyl (C=O) groups excluding carboxylic acids is 1. The van der Waals surface area contributed by atoms with Gasteiger partial charge in [-0.05, 0) is 31.5 Å². The average molecular weight is 370 g/mol. The summed E-state index contributed by atoms with van der Waals surface area (Å²) >= 11 is 0. The summed E-state index contributed by atoms with van der Waals surface area (Å²) in [5, 5.41) is 2.77. The SMILES string of the molecule is CCCCC(=O)Nc1cc(S(=O)(=O)N2CCOCC2)ccc1OCC. The highest BCUT2D eigenvalue weighted by atomic mass is 32.2. The molecule has 0 aromatic heterocycles. The van der Waals surface area contributed by atoms with Gasteiger partial charge in [-0.25, -0.2) is 8.42 Å². The highest BCUT2D eigenvalue weighted by molar-refractivity contribution is 7.89. The largest absolute Gasteiger partial charge is 0.492 e. The van der Waals surface area contributed by atoms with E-state index in [0.717, 1.165) is 12.8 Å². The summed E-state index contributed by atoms with van der Waals surface area (Å²) in [5.41, 5.74) is 0.386. The lowest BCUT2D eigenvalue weighted by molar-refractivity contribution is -0.116. The van der Waals surface area contributed by atoms with Gasteiger partial charge in [-0.3, -0.25) is 4.79 Å². The molecule has 1 N–H and O–H groups in total. The van der Waals surface area contributed by atoms with E-state index >= 15 is 0 Å². The van der Waals surface area contributed by atoms with Crippen molar-refractivity contribution in [2.24, 2.45) is 0 Å². The summed E-state index contributed by atoms with van der Waals surface area (Å²) in [6.45, 7) is 5.69. The molecule has 1 heterocycles. The normalized spacial score (nSPS) is 15.8. The second kappa shape index (κ2) is 9.17. The van der Waals surface area contributed by atoms with Gasteiger partial charge >= 0.3 is 0 Å². The minimum absolute atomic E-state index is 0.142. The molecule has 0 radical (unpaired) electrons. The molecule has 0 atom stereocenters. The van der Waals surface area contributed by atoms with E-state index in [1.54, 1.807) is 6.07 Å². The van der Waals surface area contributed by atoms with Crippen LogP contribution in [0, 0.1) is 0 Å². The van der Waals surface area contributed by atoms with Crippen molar-refractivity contribution in [3.8, 4) is 5.75 Å². The van der Waals surface area contributed by atoms with Crippen molar-refractivity contribution < 1.29 is 22.7 Å². The molecule has 0 unspecified atom stereocenters. The van der Waals surface area contributed by atoms with E-state index in [4.69, 9.17) is 9.47 Å². The van der Waals surface area contributed by atoms with Crippen molar-refractivity contribution in [1.82, 2.24) is 4.31 Å². The first-order chi connectivity index (χ1) is 12.0. The first kappa shape index (κ1) is 19.7. The van der Waals surface area contributed by atoms with Gasteiger partial charge in [0.05, 0.1) is 30.4 Å². The number of carbonyl (C=O) groups is 1. The van der Waals surface area contributed by atoms with Crippen LogP contribution < -0.4 is 10.1 Å². The third-order valence-corrected chi connectivity index (χ3v) is 5.78. The van der Waals surface area contributed by atoms with Gasteiger partial charge < -0.3 is 14.8 Å². The molecule has 1 aliphatic heterocycles. The Labute approximate surface area is 149 Å². The van der Waals surface area contributed by atoms with E-state index < -0.39 is 10.0 Å². The summed E-state index contributed by atoms with van der Waals surface area (Å²) < 4.78 is 37.7. The fourth-order valence-electron chi connectivity index (χ4n) is 2.53. The van der Waals surface area contributed by atoms with E-state index in [-0.39, 0.29) is 10.8 Å². The van der Waals surface area contributed by atoms with Crippen molar-refractivity contribution in [3.63, 3.8) is 0 Å². The monoisotopic (exact) mass is 370 g/mol. The molecule has 0 aliphatic carbocycles. The van der Waals surface area contributed by atoms with Crippen LogP contribution in [0.15, 0.2) is 23.1 Å². The fraction of sp³-hybridized carbons (Fsp3) is 0.588. The Balaban J connectivity index is 2.27. The second-order valence-corrected chi connectivity index (χ2v) is 7.70. The van der Waals surface area contributed by atoms with E-state index in [1.807, 2.05) is 13.8 Å². The van der Waals surface area contributed by atoms with Crippen LogP contribution in [0.5, 0.6) is 5.75 Å². The summed E-state index contributed by atoms with van der Waals surface area (Å²) in [5.74, 6) is 0.317. The molecule has 2 rings (SSSR count). The molecule has 7 nitrogen and oxygen atoms in total. The Morgan fingerprint density at radius 2 is 2.00 bits per heavy atom. The standard InChI is InChI=1S/C17H26N2O5S/c1-3-5-6-17(20)18-15-13-14(7-8-16(15)24-4-2)25(21,22)19-9-11-23-12-10-19/h7-8,13H,3-6,9-12H2,1-2H3,(H,18,20). The first-order valence-electron chi connectivity index (χ1n) is 8.63. The molecule has 140 valence electrons. The van der Waals surface area contributed by atoms with Gasteiger partial charge in [0, 0.05) is 19.5 Å². The minimum atomic E-state index is -3.62. The van der Waals surface area contributed by atoms with Crippen LogP contribution in [0.3, 0.4) is 0 Å². The van der Waals surface area contributed by atoms with Gasteiger partial charge in [0.1, 0.15) is 5.75 Å². The zero-order valence-corrected chi connectivity index (χ0v) is 15.6. The Morgan fingerprint density at radius 1 is 1.28 bits per heavy atom. The molecule has 0 saturated carbocycles. The molecule has 0 bridgehead atoms. The van der Waals surface area contributed by atoms with Gasteiger partial charge in [-0.15, -0.1) is 0 Å².